The smallest absolute Gasteiger partial charge is 0.411 e. The maximum absolute atomic E-state index is 11.8. The van der Waals surface area contributed by atoms with Crippen molar-refractivity contribution in [3.8, 4) is 0 Å². The lowest BCUT2D eigenvalue weighted by atomic mass is 10.3. The molecule has 1 aromatic heterocycles. The largest absolute Gasteiger partial charge is 0.438 e. The third kappa shape index (κ3) is 3.10. The molecule has 0 spiro atoms. The molecule has 0 atom stereocenters. The second-order valence-electron chi connectivity index (χ2n) is 3.44. The number of hydrogen-bond acceptors (Lipinski definition) is 4. The minimum atomic E-state index is -4.35. The Bertz CT molecular complexity index is 522. The number of nitrogens with zero attached hydrogens (tertiary/aromatic N) is 1. The summed E-state index contributed by atoms with van der Waals surface area (Å²) in [6.07, 6.45) is -4.35. The summed E-state index contributed by atoms with van der Waals surface area (Å²) in [5, 5.41) is 0. The highest BCUT2D eigenvalue weighted by molar-refractivity contribution is 5.76. The maximum Gasteiger partial charge on any atom is 0.411 e. The van der Waals surface area contributed by atoms with Gasteiger partial charge in [-0.2, -0.15) is 13.2 Å². The molecule has 0 aliphatic carbocycles. The number of nitrogen functional groups attached to an aromatic ring is 1. The quantitative estimate of drug-likeness (QED) is 0.845. The first-order valence-corrected chi connectivity index (χ1v) is 4.73. The number of fused-ring (bicyclic) bond motifs is 1. The van der Waals surface area contributed by atoms with Gasteiger partial charge in [-0.3, -0.25) is 0 Å². The zero-order valence-electron chi connectivity index (χ0n) is 8.62. The van der Waals surface area contributed by atoms with Crippen molar-refractivity contribution in [1.82, 2.24) is 4.98 Å². The minimum Gasteiger partial charge on any atom is -0.438 e. The van der Waals surface area contributed by atoms with Crippen LogP contribution in [0.25, 0.3) is 11.1 Å². The van der Waals surface area contributed by atoms with Crippen LogP contribution in [0.4, 0.5) is 18.9 Å². The van der Waals surface area contributed by atoms with Crippen molar-refractivity contribution >= 4 is 16.8 Å². The van der Waals surface area contributed by atoms with Gasteiger partial charge in [0.25, 0.3) is 0 Å². The Hall–Kier alpha value is -1.76. The van der Waals surface area contributed by atoms with Crippen molar-refractivity contribution in [2.24, 2.45) is 0 Å². The lowest BCUT2D eigenvalue weighted by Crippen LogP contribution is -2.16. The topological polar surface area (TPSA) is 61.3 Å². The lowest BCUT2D eigenvalue weighted by molar-refractivity contribution is -0.177. The number of anilines is 1. The van der Waals surface area contributed by atoms with Gasteiger partial charge in [-0.25, -0.2) is 4.98 Å². The Morgan fingerprint density at radius 2 is 2.12 bits per heavy atom. The third-order valence-electron chi connectivity index (χ3n) is 1.95. The molecule has 4 nitrogen and oxygen atoms in total. The average Bonchev–Trinajstić information content (AvgIpc) is 2.57. The summed E-state index contributed by atoms with van der Waals surface area (Å²) in [5.74, 6) is 0.0925. The van der Waals surface area contributed by atoms with E-state index in [0.29, 0.717) is 16.8 Å². The van der Waals surface area contributed by atoms with Gasteiger partial charge < -0.3 is 14.9 Å². The van der Waals surface area contributed by atoms with E-state index in [4.69, 9.17) is 10.2 Å². The van der Waals surface area contributed by atoms with E-state index in [2.05, 4.69) is 9.72 Å². The molecule has 0 unspecified atom stereocenters. The summed E-state index contributed by atoms with van der Waals surface area (Å²) in [4.78, 5) is 3.96. The van der Waals surface area contributed by atoms with E-state index in [-0.39, 0.29) is 12.5 Å². The first-order chi connectivity index (χ1) is 7.94. The Kier molecular flexibility index (Phi) is 2.93. The number of oxazole rings is 1. The van der Waals surface area contributed by atoms with Crippen LogP contribution in [0.1, 0.15) is 5.89 Å². The molecular weight excluding hydrogens is 237 g/mol. The minimum absolute atomic E-state index is 0.0925. The molecule has 0 aliphatic rings. The van der Waals surface area contributed by atoms with Crippen LogP contribution in [0, 0.1) is 0 Å². The molecule has 1 aromatic carbocycles. The molecule has 17 heavy (non-hydrogen) atoms. The van der Waals surface area contributed by atoms with Crippen molar-refractivity contribution in [1.29, 1.82) is 0 Å². The number of aromatic nitrogens is 1. The number of hydrogen-bond donors (Lipinski definition) is 1. The Morgan fingerprint density at radius 1 is 1.35 bits per heavy atom. The van der Waals surface area contributed by atoms with E-state index >= 15 is 0 Å². The van der Waals surface area contributed by atoms with Gasteiger partial charge in [-0.05, 0) is 12.1 Å². The third-order valence-corrected chi connectivity index (χ3v) is 1.95. The van der Waals surface area contributed by atoms with Crippen molar-refractivity contribution in [2.45, 2.75) is 12.8 Å². The van der Waals surface area contributed by atoms with Gasteiger partial charge in [0, 0.05) is 11.8 Å². The lowest BCUT2D eigenvalue weighted by Gasteiger charge is -2.04. The summed E-state index contributed by atoms with van der Waals surface area (Å²) in [6.45, 7) is -1.65. The highest BCUT2D eigenvalue weighted by atomic mass is 19.4. The predicted octanol–water partition coefficient (Wildman–Crippen LogP) is 2.49. The van der Waals surface area contributed by atoms with E-state index in [1.807, 2.05) is 0 Å². The van der Waals surface area contributed by atoms with Crippen LogP contribution in [-0.2, 0) is 11.3 Å². The molecule has 0 aliphatic heterocycles. The van der Waals surface area contributed by atoms with Crippen LogP contribution < -0.4 is 5.73 Å². The molecule has 2 N–H and O–H groups in total. The molecule has 7 heteroatoms. The molecule has 0 saturated heterocycles. The number of nitrogens with two attached hydrogens (primary N) is 1. The molecule has 2 aromatic rings. The number of benzene rings is 1. The first kappa shape index (κ1) is 11.7. The van der Waals surface area contributed by atoms with E-state index < -0.39 is 12.8 Å². The summed E-state index contributed by atoms with van der Waals surface area (Å²) in [7, 11) is 0. The summed E-state index contributed by atoms with van der Waals surface area (Å²) in [6, 6.07) is 4.81. The fraction of sp³-hybridized carbons (Fsp3) is 0.300. The number of alkyl halides is 3. The Labute approximate surface area is 94.2 Å². The monoisotopic (exact) mass is 246 g/mol. The van der Waals surface area contributed by atoms with E-state index in [9.17, 15) is 13.2 Å². The molecule has 0 saturated carbocycles. The van der Waals surface area contributed by atoms with Crippen molar-refractivity contribution in [2.75, 3.05) is 12.3 Å². The summed E-state index contributed by atoms with van der Waals surface area (Å²) >= 11 is 0. The van der Waals surface area contributed by atoms with Gasteiger partial charge in [-0.1, -0.05) is 0 Å². The second-order valence-corrected chi connectivity index (χ2v) is 3.44. The van der Waals surface area contributed by atoms with Crippen LogP contribution in [0.15, 0.2) is 22.6 Å². The zero-order chi connectivity index (χ0) is 12.5. The Balaban J connectivity index is 2.05. The molecular formula is C10H9F3N2O2. The fourth-order valence-electron chi connectivity index (χ4n) is 1.30. The zero-order valence-corrected chi connectivity index (χ0v) is 8.62. The molecule has 0 radical (unpaired) electrons. The highest BCUT2D eigenvalue weighted by Gasteiger charge is 2.27. The van der Waals surface area contributed by atoms with E-state index in [1.165, 1.54) is 0 Å². The molecule has 1 heterocycles. The standard InChI is InChI=1S/C10H9F3N2O2/c11-10(12,13)5-16-4-9-15-7-2-1-6(14)3-8(7)17-9/h1-3H,4-5,14H2. The molecule has 92 valence electrons. The molecule has 2 rings (SSSR count). The van der Waals surface area contributed by atoms with Gasteiger partial charge in [0.15, 0.2) is 5.58 Å². The highest BCUT2D eigenvalue weighted by Crippen LogP contribution is 2.20. The van der Waals surface area contributed by atoms with Crippen LogP contribution in [0.5, 0.6) is 0 Å². The van der Waals surface area contributed by atoms with Crippen LogP contribution >= 0.6 is 0 Å². The number of halogens is 3. The Morgan fingerprint density at radius 3 is 2.82 bits per heavy atom. The van der Waals surface area contributed by atoms with Crippen molar-refractivity contribution in [3.63, 3.8) is 0 Å². The predicted molar refractivity (Wildman–Crippen MR) is 54.1 cm³/mol. The van der Waals surface area contributed by atoms with Gasteiger partial charge >= 0.3 is 6.18 Å². The average molecular weight is 246 g/mol. The summed E-state index contributed by atoms with van der Waals surface area (Å²) < 4.78 is 45.1. The maximum atomic E-state index is 11.8. The first-order valence-electron chi connectivity index (χ1n) is 4.73. The van der Waals surface area contributed by atoms with E-state index in [0.717, 1.165) is 0 Å². The molecule has 0 bridgehead atoms. The fourth-order valence-corrected chi connectivity index (χ4v) is 1.30. The molecule has 0 fully saturated rings. The SMILES string of the molecule is Nc1ccc2nc(COCC(F)(F)F)oc2c1. The van der Waals surface area contributed by atoms with Gasteiger partial charge in [0.05, 0.1) is 0 Å². The normalized spacial score (nSPS) is 12.2. The van der Waals surface area contributed by atoms with Gasteiger partial charge in [0.2, 0.25) is 5.89 Å². The van der Waals surface area contributed by atoms with Crippen molar-refractivity contribution < 1.29 is 22.3 Å². The number of ether oxygens (including phenoxy) is 1. The number of rotatable bonds is 3. The summed E-state index contributed by atoms with van der Waals surface area (Å²) in [5.41, 5.74) is 6.98. The van der Waals surface area contributed by atoms with Gasteiger partial charge in [0.1, 0.15) is 18.7 Å². The van der Waals surface area contributed by atoms with Crippen LogP contribution in [0.3, 0.4) is 0 Å². The molecule has 0 amide bonds. The van der Waals surface area contributed by atoms with Crippen LogP contribution in [0.2, 0.25) is 0 Å². The van der Waals surface area contributed by atoms with E-state index in [1.54, 1.807) is 18.2 Å². The van der Waals surface area contributed by atoms with Crippen molar-refractivity contribution in [3.05, 3.63) is 24.1 Å². The second kappa shape index (κ2) is 4.25. The van der Waals surface area contributed by atoms with Gasteiger partial charge in [-0.15, -0.1) is 0 Å². The van der Waals surface area contributed by atoms with Crippen LogP contribution in [-0.4, -0.2) is 17.8 Å².